The highest BCUT2D eigenvalue weighted by molar-refractivity contribution is 8.00. The standard InChI is InChI=1S/C31H33N3O4S2/c1-31(2,3)20-14-12-19(13-15-20)23-24-25(28(37)34(27(24)36)21-10-6-4-7-11-21)39-29-26(23)40-30(38)33(29)18-22(35)32-16-8-5-9-17-32/h4,6-7,10-15,23-25H,5,8-9,16-18H2,1-3H3/t23-,24-,25+/m0/s1. The first-order valence-electron chi connectivity index (χ1n) is 13.9. The third-order valence-electron chi connectivity index (χ3n) is 8.20. The van der Waals surface area contributed by atoms with Crippen molar-refractivity contribution in [3.8, 4) is 0 Å². The lowest BCUT2D eigenvalue weighted by Gasteiger charge is -2.31. The van der Waals surface area contributed by atoms with Crippen molar-refractivity contribution in [2.45, 2.75) is 68.2 Å². The minimum Gasteiger partial charge on any atom is -0.341 e. The Morgan fingerprint density at radius 3 is 2.23 bits per heavy atom. The summed E-state index contributed by atoms with van der Waals surface area (Å²) in [7, 11) is 0. The van der Waals surface area contributed by atoms with Gasteiger partial charge in [0.15, 0.2) is 0 Å². The summed E-state index contributed by atoms with van der Waals surface area (Å²) in [5, 5.41) is -0.0413. The fourth-order valence-corrected chi connectivity index (χ4v) is 8.79. The number of para-hydroxylation sites is 1. The molecule has 40 heavy (non-hydrogen) atoms. The molecular formula is C31H33N3O4S2. The number of piperidine rings is 1. The van der Waals surface area contributed by atoms with Gasteiger partial charge in [-0.15, -0.1) is 0 Å². The number of thiazole rings is 1. The molecule has 0 spiro atoms. The van der Waals surface area contributed by atoms with Crippen LogP contribution < -0.4 is 9.77 Å². The van der Waals surface area contributed by atoms with Gasteiger partial charge in [-0.25, -0.2) is 4.90 Å². The predicted octanol–water partition coefficient (Wildman–Crippen LogP) is 5.02. The van der Waals surface area contributed by atoms with E-state index in [1.54, 1.807) is 12.1 Å². The molecule has 208 valence electrons. The average molecular weight is 576 g/mol. The van der Waals surface area contributed by atoms with E-state index in [0.29, 0.717) is 23.8 Å². The van der Waals surface area contributed by atoms with Crippen LogP contribution in [0.1, 0.15) is 62.0 Å². The van der Waals surface area contributed by atoms with Crippen LogP contribution in [0.15, 0.2) is 64.4 Å². The van der Waals surface area contributed by atoms with Gasteiger partial charge in [0, 0.05) is 23.9 Å². The number of thioether (sulfide) groups is 1. The Hall–Kier alpha value is -3.17. The summed E-state index contributed by atoms with van der Waals surface area (Å²) in [5.74, 6) is -1.70. The normalized spacial score (nSPS) is 22.8. The van der Waals surface area contributed by atoms with Gasteiger partial charge in [0.25, 0.3) is 0 Å². The molecule has 3 aliphatic heterocycles. The van der Waals surface area contributed by atoms with Crippen LogP contribution in [0.5, 0.6) is 0 Å². The van der Waals surface area contributed by atoms with E-state index in [0.717, 1.165) is 46.6 Å². The molecule has 4 heterocycles. The number of fused-ring (bicyclic) bond motifs is 2. The largest absolute Gasteiger partial charge is 0.341 e. The molecule has 1 aromatic heterocycles. The van der Waals surface area contributed by atoms with Crippen molar-refractivity contribution in [3.05, 3.63) is 80.3 Å². The zero-order valence-corrected chi connectivity index (χ0v) is 24.6. The fourth-order valence-electron chi connectivity index (χ4n) is 6.02. The van der Waals surface area contributed by atoms with E-state index in [4.69, 9.17) is 0 Å². The molecule has 3 amide bonds. The molecule has 0 radical (unpaired) electrons. The first kappa shape index (κ1) is 27.0. The van der Waals surface area contributed by atoms with Crippen LogP contribution in [0.25, 0.3) is 0 Å². The number of amides is 3. The number of carbonyl (C=O) groups excluding carboxylic acids is 3. The summed E-state index contributed by atoms with van der Waals surface area (Å²) in [6, 6.07) is 17.2. The Labute approximate surface area is 242 Å². The fraction of sp³-hybridized carbons (Fsp3) is 0.419. The Morgan fingerprint density at radius 1 is 0.900 bits per heavy atom. The topological polar surface area (TPSA) is 79.7 Å². The molecule has 3 aromatic rings. The van der Waals surface area contributed by atoms with E-state index in [1.165, 1.54) is 21.2 Å². The lowest BCUT2D eigenvalue weighted by Crippen LogP contribution is -2.39. The molecule has 6 rings (SSSR count). The van der Waals surface area contributed by atoms with Crippen LogP contribution in [0.4, 0.5) is 5.69 Å². The van der Waals surface area contributed by atoms with Crippen LogP contribution in [0, 0.1) is 5.92 Å². The summed E-state index contributed by atoms with van der Waals surface area (Å²) in [6.07, 6.45) is 3.05. The van der Waals surface area contributed by atoms with Gasteiger partial charge in [-0.1, -0.05) is 86.3 Å². The van der Waals surface area contributed by atoms with Crippen LogP contribution in [0.2, 0.25) is 0 Å². The molecule has 3 atom stereocenters. The summed E-state index contributed by atoms with van der Waals surface area (Å²) in [4.78, 5) is 58.1. The number of hydrogen-bond acceptors (Lipinski definition) is 6. The number of nitrogens with zero attached hydrogens (tertiary/aromatic N) is 3. The van der Waals surface area contributed by atoms with Crippen molar-refractivity contribution in [3.63, 3.8) is 0 Å². The number of aromatic nitrogens is 1. The second-order valence-corrected chi connectivity index (χ2v) is 13.9. The Balaban J connectivity index is 1.44. The van der Waals surface area contributed by atoms with Gasteiger partial charge in [-0.05, 0) is 47.9 Å². The van der Waals surface area contributed by atoms with Crippen molar-refractivity contribution >= 4 is 46.5 Å². The molecular weight excluding hydrogens is 542 g/mol. The minimum absolute atomic E-state index is 0.0408. The van der Waals surface area contributed by atoms with Crippen molar-refractivity contribution in [1.82, 2.24) is 9.47 Å². The Kier molecular flexibility index (Phi) is 6.99. The smallest absolute Gasteiger partial charge is 0.308 e. The number of hydrogen-bond donors (Lipinski definition) is 0. The second-order valence-electron chi connectivity index (χ2n) is 11.8. The molecule has 7 nitrogen and oxygen atoms in total. The van der Waals surface area contributed by atoms with E-state index in [1.807, 2.05) is 35.2 Å². The highest BCUT2D eigenvalue weighted by atomic mass is 32.2. The maximum atomic E-state index is 14.0. The number of anilines is 1. The van der Waals surface area contributed by atoms with Crippen LogP contribution in [0.3, 0.4) is 0 Å². The molecule has 3 aliphatic rings. The van der Waals surface area contributed by atoms with Gasteiger partial charge in [-0.2, -0.15) is 0 Å². The lowest BCUT2D eigenvalue weighted by atomic mass is 9.81. The molecule has 0 bridgehead atoms. The monoisotopic (exact) mass is 575 g/mol. The maximum Gasteiger partial charge on any atom is 0.308 e. The highest BCUT2D eigenvalue weighted by Gasteiger charge is 2.56. The first-order valence-corrected chi connectivity index (χ1v) is 15.6. The van der Waals surface area contributed by atoms with E-state index in [-0.39, 0.29) is 34.6 Å². The SMILES string of the molecule is CC(C)(C)c1ccc([C@@H]2c3sc(=O)n(CC(=O)N4CCCCC4)c3S[C@H]3C(=O)N(c4ccccc4)C(=O)[C@@H]23)cc1. The van der Waals surface area contributed by atoms with E-state index in [9.17, 15) is 19.2 Å². The third kappa shape index (κ3) is 4.63. The lowest BCUT2D eigenvalue weighted by molar-refractivity contribution is -0.133. The molecule has 0 unspecified atom stereocenters. The van der Waals surface area contributed by atoms with Crippen LogP contribution in [-0.2, 0) is 26.3 Å². The molecule has 9 heteroatoms. The second kappa shape index (κ2) is 10.3. The molecule has 0 saturated carbocycles. The molecule has 2 aromatic carbocycles. The van der Waals surface area contributed by atoms with Gasteiger partial charge >= 0.3 is 4.87 Å². The van der Waals surface area contributed by atoms with Crippen molar-refractivity contribution in [2.75, 3.05) is 18.0 Å². The van der Waals surface area contributed by atoms with Gasteiger partial charge in [0.1, 0.15) is 11.8 Å². The molecule has 0 N–H and O–H groups in total. The maximum absolute atomic E-state index is 14.0. The van der Waals surface area contributed by atoms with Crippen molar-refractivity contribution in [2.24, 2.45) is 5.92 Å². The minimum atomic E-state index is -0.683. The zero-order chi connectivity index (χ0) is 28.2. The zero-order valence-electron chi connectivity index (χ0n) is 23.0. The number of benzene rings is 2. The predicted molar refractivity (Wildman–Crippen MR) is 158 cm³/mol. The van der Waals surface area contributed by atoms with Gasteiger partial charge in [0.2, 0.25) is 17.7 Å². The number of likely N-dealkylation sites (tertiary alicyclic amines) is 1. The summed E-state index contributed by atoms with van der Waals surface area (Å²) >= 11 is 2.37. The average Bonchev–Trinajstić information content (AvgIpc) is 3.39. The quantitative estimate of drug-likeness (QED) is 0.409. The van der Waals surface area contributed by atoms with Gasteiger partial charge < -0.3 is 4.90 Å². The van der Waals surface area contributed by atoms with E-state index >= 15 is 0 Å². The molecule has 2 saturated heterocycles. The van der Waals surface area contributed by atoms with Gasteiger partial charge in [-0.3, -0.25) is 23.7 Å². The van der Waals surface area contributed by atoms with Crippen molar-refractivity contribution in [1.29, 1.82) is 0 Å². The number of carbonyl (C=O) groups is 3. The summed E-state index contributed by atoms with van der Waals surface area (Å²) in [6.45, 7) is 7.81. The summed E-state index contributed by atoms with van der Waals surface area (Å²) in [5.41, 5.74) is 2.57. The van der Waals surface area contributed by atoms with Crippen LogP contribution in [-0.4, -0.2) is 45.5 Å². The summed E-state index contributed by atoms with van der Waals surface area (Å²) < 4.78 is 1.54. The highest BCUT2D eigenvalue weighted by Crippen LogP contribution is 2.54. The molecule has 2 fully saturated rings. The third-order valence-corrected chi connectivity index (χ3v) is 10.8. The number of imide groups is 1. The first-order chi connectivity index (χ1) is 19.1. The molecule has 0 aliphatic carbocycles. The van der Waals surface area contributed by atoms with E-state index in [2.05, 4.69) is 32.9 Å². The Bertz CT molecular complexity index is 1510. The van der Waals surface area contributed by atoms with Crippen LogP contribution >= 0.6 is 23.1 Å². The van der Waals surface area contributed by atoms with Crippen molar-refractivity contribution < 1.29 is 14.4 Å². The number of rotatable bonds is 4. The van der Waals surface area contributed by atoms with E-state index < -0.39 is 17.1 Å². The van der Waals surface area contributed by atoms with Gasteiger partial charge in [0.05, 0.1) is 16.6 Å². The Morgan fingerprint density at radius 2 is 1.57 bits per heavy atom.